The Hall–Kier alpha value is -2.68. The van der Waals surface area contributed by atoms with Gasteiger partial charge in [0, 0.05) is 19.2 Å². The monoisotopic (exact) mass is 369 g/mol. The molecule has 0 saturated carbocycles. The molecule has 0 unspecified atom stereocenters. The molecule has 9 nitrogen and oxygen atoms in total. The van der Waals surface area contributed by atoms with E-state index < -0.39 is 28.4 Å². The summed E-state index contributed by atoms with van der Waals surface area (Å²) < 4.78 is 0. The van der Waals surface area contributed by atoms with Crippen molar-refractivity contribution in [3.05, 3.63) is 38.9 Å². The molecule has 1 aliphatic heterocycles. The maximum atomic E-state index is 12.2. The molecule has 2 rings (SSSR count). The number of benzene rings is 1. The van der Waals surface area contributed by atoms with Gasteiger partial charge in [0.15, 0.2) is 0 Å². The maximum absolute atomic E-state index is 12.2. The van der Waals surface area contributed by atoms with Crippen LogP contribution in [0.15, 0.2) is 18.2 Å². The van der Waals surface area contributed by atoms with Crippen LogP contribution in [0, 0.1) is 16.0 Å². The molecule has 1 aromatic carbocycles. The number of carbonyl (C=O) groups is 3. The molecular weight excluding hydrogens is 354 g/mol. The molecule has 1 saturated heterocycles. The lowest BCUT2D eigenvalue weighted by molar-refractivity contribution is -0.385. The van der Waals surface area contributed by atoms with Gasteiger partial charge >= 0.3 is 5.97 Å². The van der Waals surface area contributed by atoms with Crippen LogP contribution in [0.25, 0.3) is 0 Å². The average molecular weight is 370 g/mol. The van der Waals surface area contributed by atoms with Crippen molar-refractivity contribution in [1.29, 1.82) is 0 Å². The number of hydrogen-bond acceptors (Lipinski definition) is 5. The number of piperidine rings is 1. The van der Waals surface area contributed by atoms with E-state index in [9.17, 15) is 24.5 Å². The number of hydrogen-bond donors (Lipinski definition) is 2. The van der Waals surface area contributed by atoms with Gasteiger partial charge in [0.25, 0.3) is 11.6 Å². The highest BCUT2D eigenvalue weighted by Gasteiger charge is 2.28. The highest BCUT2D eigenvalue weighted by Crippen LogP contribution is 2.26. The Balaban J connectivity index is 1.96. The van der Waals surface area contributed by atoms with Gasteiger partial charge in [-0.05, 0) is 18.9 Å². The molecule has 1 aromatic rings. The minimum atomic E-state index is -0.883. The van der Waals surface area contributed by atoms with E-state index in [1.165, 1.54) is 17.0 Å². The number of aliphatic carboxylic acids is 1. The van der Waals surface area contributed by atoms with Crippen LogP contribution in [-0.2, 0) is 9.59 Å². The Morgan fingerprint density at radius 1 is 1.32 bits per heavy atom. The molecule has 0 radical (unpaired) electrons. The molecule has 2 amide bonds. The number of nitrogens with zero attached hydrogens (tertiary/aromatic N) is 2. The molecule has 1 aliphatic rings. The highest BCUT2D eigenvalue weighted by atomic mass is 35.5. The van der Waals surface area contributed by atoms with Crippen LogP contribution < -0.4 is 5.32 Å². The van der Waals surface area contributed by atoms with Crippen molar-refractivity contribution in [2.75, 3.05) is 19.6 Å². The van der Waals surface area contributed by atoms with Gasteiger partial charge in [-0.1, -0.05) is 17.7 Å². The average Bonchev–Trinajstić information content (AvgIpc) is 2.59. The van der Waals surface area contributed by atoms with Gasteiger partial charge in [-0.25, -0.2) is 0 Å². The topological polar surface area (TPSA) is 130 Å². The van der Waals surface area contributed by atoms with Crippen molar-refractivity contribution in [1.82, 2.24) is 10.2 Å². The van der Waals surface area contributed by atoms with E-state index in [2.05, 4.69) is 5.32 Å². The highest BCUT2D eigenvalue weighted by molar-refractivity contribution is 6.34. The largest absolute Gasteiger partial charge is 0.481 e. The Morgan fingerprint density at radius 2 is 1.96 bits per heavy atom. The molecule has 0 aliphatic carbocycles. The number of nitrogens with one attached hydrogen (secondary N) is 1. The predicted octanol–water partition coefficient (Wildman–Crippen LogP) is 1.30. The molecule has 25 heavy (non-hydrogen) atoms. The van der Waals surface area contributed by atoms with E-state index in [-0.39, 0.29) is 36.1 Å². The van der Waals surface area contributed by atoms with Crippen molar-refractivity contribution >= 4 is 35.1 Å². The van der Waals surface area contributed by atoms with Crippen LogP contribution in [0.5, 0.6) is 0 Å². The van der Waals surface area contributed by atoms with Crippen molar-refractivity contribution < 1.29 is 24.4 Å². The fraction of sp³-hybridized carbons (Fsp3) is 0.400. The standard InChI is InChI=1S/C15H16ClN3O6/c16-10-2-1-3-11(19(24)25)13(10)14(21)17-8-12(20)18-6-4-9(5-7-18)15(22)23/h1-3,9H,4-8H2,(H,17,21)(H,22,23). The van der Waals surface area contributed by atoms with Crippen LogP contribution in [0.4, 0.5) is 5.69 Å². The van der Waals surface area contributed by atoms with Crippen LogP contribution in [0.3, 0.4) is 0 Å². The summed E-state index contributed by atoms with van der Waals surface area (Å²) in [6.07, 6.45) is 0.704. The molecule has 0 aromatic heterocycles. The Kier molecular flexibility index (Phi) is 5.92. The lowest BCUT2D eigenvalue weighted by Gasteiger charge is -2.30. The number of carboxylic acids is 1. The molecule has 1 heterocycles. The maximum Gasteiger partial charge on any atom is 0.306 e. The number of nitro groups is 1. The zero-order chi connectivity index (χ0) is 18.6. The number of likely N-dealkylation sites (tertiary alicyclic amines) is 1. The summed E-state index contributed by atoms with van der Waals surface area (Å²) in [5.74, 6) is -2.55. The first-order valence-electron chi connectivity index (χ1n) is 7.53. The zero-order valence-electron chi connectivity index (χ0n) is 13.1. The molecular formula is C15H16ClN3O6. The van der Waals surface area contributed by atoms with E-state index in [0.29, 0.717) is 12.8 Å². The van der Waals surface area contributed by atoms with Crippen LogP contribution in [-0.4, -0.2) is 52.3 Å². The van der Waals surface area contributed by atoms with Crippen molar-refractivity contribution in [3.63, 3.8) is 0 Å². The van der Waals surface area contributed by atoms with Gasteiger partial charge in [-0.3, -0.25) is 24.5 Å². The van der Waals surface area contributed by atoms with Gasteiger partial charge < -0.3 is 15.3 Å². The number of amides is 2. The molecule has 0 bridgehead atoms. The predicted molar refractivity (Wildman–Crippen MR) is 87.4 cm³/mol. The molecule has 2 N–H and O–H groups in total. The number of rotatable bonds is 5. The first kappa shape index (κ1) is 18.7. The third-order valence-electron chi connectivity index (χ3n) is 4.01. The van der Waals surface area contributed by atoms with Gasteiger partial charge in [0.05, 0.1) is 22.4 Å². The summed E-state index contributed by atoms with van der Waals surface area (Å²) in [6, 6.07) is 3.86. The van der Waals surface area contributed by atoms with E-state index in [4.69, 9.17) is 16.7 Å². The molecule has 1 fully saturated rings. The Bertz CT molecular complexity index is 715. The Labute approximate surface area is 147 Å². The summed E-state index contributed by atoms with van der Waals surface area (Å²) >= 11 is 5.86. The second-order valence-corrected chi connectivity index (χ2v) is 5.97. The normalized spacial score (nSPS) is 14.8. The molecule has 10 heteroatoms. The third-order valence-corrected chi connectivity index (χ3v) is 4.33. The van der Waals surface area contributed by atoms with E-state index in [0.717, 1.165) is 6.07 Å². The van der Waals surface area contributed by atoms with Crippen molar-refractivity contribution in [2.24, 2.45) is 5.92 Å². The van der Waals surface area contributed by atoms with Crippen LogP contribution >= 0.6 is 11.6 Å². The molecule has 0 atom stereocenters. The number of halogens is 1. The fourth-order valence-electron chi connectivity index (χ4n) is 2.62. The van der Waals surface area contributed by atoms with Gasteiger partial charge in [0.1, 0.15) is 5.56 Å². The minimum Gasteiger partial charge on any atom is -0.481 e. The van der Waals surface area contributed by atoms with E-state index >= 15 is 0 Å². The number of carboxylic acid groups (broad SMARTS) is 1. The van der Waals surface area contributed by atoms with E-state index in [1.54, 1.807) is 0 Å². The Morgan fingerprint density at radius 3 is 2.52 bits per heavy atom. The van der Waals surface area contributed by atoms with Gasteiger partial charge in [-0.15, -0.1) is 0 Å². The minimum absolute atomic E-state index is 0.0820. The second kappa shape index (κ2) is 7.93. The fourth-order valence-corrected chi connectivity index (χ4v) is 2.88. The van der Waals surface area contributed by atoms with Gasteiger partial charge in [-0.2, -0.15) is 0 Å². The first-order valence-corrected chi connectivity index (χ1v) is 7.90. The lowest BCUT2D eigenvalue weighted by Crippen LogP contribution is -2.45. The van der Waals surface area contributed by atoms with Gasteiger partial charge in [0.2, 0.25) is 5.91 Å². The quantitative estimate of drug-likeness (QED) is 0.594. The molecule has 0 spiro atoms. The number of nitro benzene ring substituents is 1. The second-order valence-electron chi connectivity index (χ2n) is 5.57. The SMILES string of the molecule is O=C(NCC(=O)N1CCC(C(=O)O)CC1)c1c(Cl)cccc1[N+](=O)[O-]. The van der Waals surface area contributed by atoms with Crippen molar-refractivity contribution in [3.8, 4) is 0 Å². The van der Waals surface area contributed by atoms with Crippen LogP contribution in [0.1, 0.15) is 23.2 Å². The number of carbonyl (C=O) groups excluding carboxylic acids is 2. The zero-order valence-corrected chi connectivity index (χ0v) is 13.9. The third kappa shape index (κ3) is 4.44. The lowest BCUT2D eigenvalue weighted by atomic mass is 9.97. The van der Waals surface area contributed by atoms with Crippen molar-refractivity contribution in [2.45, 2.75) is 12.8 Å². The summed E-state index contributed by atoms with van der Waals surface area (Å²) in [5.41, 5.74) is -0.744. The summed E-state index contributed by atoms with van der Waals surface area (Å²) in [7, 11) is 0. The van der Waals surface area contributed by atoms with Crippen LogP contribution in [0.2, 0.25) is 5.02 Å². The molecule has 134 valence electrons. The summed E-state index contributed by atoms with van der Waals surface area (Å²) in [5, 5.41) is 22.2. The summed E-state index contributed by atoms with van der Waals surface area (Å²) in [6.45, 7) is 0.231. The first-order chi connectivity index (χ1) is 11.8. The summed E-state index contributed by atoms with van der Waals surface area (Å²) in [4.78, 5) is 46.9. The van der Waals surface area contributed by atoms with E-state index in [1.807, 2.05) is 0 Å². The smallest absolute Gasteiger partial charge is 0.306 e.